The Kier molecular flexibility index (Phi) is 6.09. The van der Waals surface area contributed by atoms with Crippen LogP contribution >= 0.6 is 0 Å². The van der Waals surface area contributed by atoms with Crippen molar-refractivity contribution in [2.75, 3.05) is 56.7 Å². The molecule has 1 N–H and O–H groups in total. The summed E-state index contributed by atoms with van der Waals surface area (Å²) in [5.74, 6) is 1.44. The minimum absolute atomic E-state index is 0.0807. The number of aromatic nitrogens is 2. The molecule has 0 radical (unpaired) electrons. The van der Waals surface area contributed by atoms with Crippen molar-refractivity contribution < 1.29 is 14.3 Å². The molecule has 0 bridgehead atoms. The van der Waals surface area contributed by atoms with Crippen LogP contribution in [0, 0.1) is 0 Å². The normalized spacial score (nSPS) is 19.3. The summed E-state index contributed by atoms with van der Waals surface area (Å²) in [6.45, 7) is 4.32. The van der Waals surface area contributed by atoms with Crippen LogP contribution in [-0.2, 0) is 4.74 Å². The number of carbonyl (C=O) groups is 1. The van der Waals surface area contributed by atoms with E-state index in [1.807, 2.05) is 29.2 Å². The van der Waals surface area contributed by atoms with E-state index < -0.39 is 0 Å². The van der Waals surface area contributed by atoms with Crippen LogP contribution in [0.15, 0.2) is 36.4 Å². The highest BCUT2D eigenvalue weighted by atomic mass is 16.5. The Balaban J connectivity index is 1.31. The highest BCUT2D eigenvalue weighted by Gasteiger charge is 2.24. The molecule has 1 aromatic heterocycles. The lowest BCUT2D eigenvalue weighted by atomic mass is 10.2. The fourth-order valence-corrected chi connectivity index (χ4v) is 3.77. The highest BCUT2D eigenvalue weighted by molar-refractivity contribution is 5.92. The number of para-hydroxylation sites is 2. The fourth-order valence-electron chi connectivity index (χ4n) is 3.77. The number of rotatable bonds is 6. The number of piperazine rings is 1. The zero-order valence-electron chi connectivity index (χ0n) is 16.7. The van der Waals surface area contributed by atoms with Crippen molar-refractivity contribution in [3.63, 3.8) is 0 Å². The summed E-state index contributed by atoms with van der Waals surface area (Å²) in [5.41, 5.74) is 1.43. The van der Waals surface area contributed by atoms with Crippen LogP contribution in [0.4, 0.5) is 11.5 Å². The van der Waals surface area contributed by atoms with Gasteiger partial charge in [-0.15, -0.1) is 10.2 Å². The minimum Gasteiger partial charge on any atom is -0.495 e. The van der Waals surface area contributed by atoms with E-state index in [9.17, 15) is 4.79 Å². The van der Waals surface area contributed by atoms with Gasteiger partial charge in [-0.3, -0.25) is 4.79 Å². The monoisotopic (exact) mass is 397 g/mol. The number of hydrogen-bond acceptors (Lipinski definition) is 7. The molecule has 2 aromatic rings. The smallest absolute Gasteiger partial charge is 0.274 e. The second kappa shape index (κ2) is 9.09. The molecule has 1 amide bonds. The van der Waals surface area contributed by atoms with Crippen molar-refractivity contribution >= 4 is 17.4 Å². The van der Waals surface area contributed by atoms with Gasteiger partial charge in [0.15, 0.2) is 5.69 Å². The van der Waals surface area contributed by atoms with Crippen molar-refractivity contribution in [2.24, 2.45) is 0 Å². The molecule has 1 atom stereocenters. The Hall–Kier alpha value is -2.87. The SMILES string of the molecule is COc1ccccc1N1CCN(C(=O)c2ccc(NCC3CCCO3)nn2)CC1. The number of nitrogens with one attached hydrogen (secondary N) is 1. The topological polar surface area (TPSA) is 79.8 Å². The number of anilines is 2. The van der Waals surface area contributed by atoms with Gasteiger partial charge in [0, 0.05) is 39.3 Å². The third-order valence-electron chi connectivity index (χ3n) is 5.41. The zero-order chi connectivity index (χ0) is 20.1. The highest BCUT2D eigenvalue weighted by Crippen LogP contribution is 2.28. The molecule has 2 aliphatic rings. The summed E-state index contributed by atoms with van der Waals surface area (Å²) in [6, 6.07) is 11.5. The fraction of sp³-hybridized carbons (Fsp3) is 0.476. The average molecular weight is 397 g/mol. The molecular formula is C21H27N5O3. The van der Waals surface area contributed by atoms with E-state index in [0.717, 1.165) is 44.0 Å². The molecular weight excluding hydrogens is 370 g/mol. The zero-order valence-corrected chi connectivity index (χ0v) is 16.7. The Morgan fingerprint density at radius 1 is 1.17 bits per heavy atom. The second-order valence-corrected chi connectivity index (χ2v) is 7.27. The van der Waals surface area contributed by atoms with Crippen LogP contribution in [-0.4, -0.2) is 73.5 Å². The number of carbonyl (C=O) groups excluding carboxylic acids is 1. The molecule has 8 heteroatoms. The van der Waals surface area contributed by atoms with Gasteiger partial charge in [-0.25, -0.2) is 0 Å². The first-order valence-electron chi connectivity index (χ1n) is 10.1. The first-order chi connectivity index (χ1) is 14.2. The number of ether oxygens (including phenoxy) is 2. The molecule has 154 valence electrons. The standard InChI is InChI=1S/C21H27N5O3/c1-28-19-7-3-2-6-18(19)25-10-12-26(13-11-25)21(27)17-8-9-20(24-23-17)22-15-16-5-4-14-29-16/h2-3,6-9,16H,4-5,10-15H2,1H3,(H,22,24). The molecule has 2 saturated heterocycles. The largest absolute Gasteiger partial charge is 0.495 e. The van der Waals surface area contributed by atoms with Gasteiger partial charge in [-0.1, -0.05) is 12.1 Å². The van der Waals surface area contributed by atoms with E-state index in [-0.39, 0.29) is 12.0 Å². The third kappa shape index (κ3) is 4.59. The van der Waals surface area contributed by atoms with E-state index in [0.29, 0.717) is 31.1 Å². The number of benzene rings is 1. The van der Waals surface area contributed by atoms with Gasteiger partial charge >= 0.3 is 0 Å². The molecule has 4 rings (SSSR count). The van der Waals surface area contributed by atoms with Gasteiger partial charge < -0.3 is 24.6 Å². The predicted molar refractivity (Wildman–Crippen MR) is 111 cm³/mol. The first kappa shape index (κ1) is 19.4. The summed E-state index contributed by atoms with van der Waals surface area (Å²) in [4.78, 5) is 16.9. The maximum Gasteiger partial charge on any atom is 0.274 e. The summed E-state index contributed by atoms with van der Waals surface area (Å²) in [7, 11) is 1.68. The molecule has 2 aliphatic heterocycles. The summed E-state index contributed by atoms with van der Waals surface area (Å²) >= 11 is 0. The minimum atomic E-state index is -0.0807. The number of hydrogen-bond donors (Lipinski definition) is 1. The summed E-state index contributed by atoms with van der Waals surface area (Å²) in [6.07, 6.45) is 2.41. The summed E-state index contributed by atoms with van der Waals surface area (Å²) in [5, 5.41) is 11.5. The molecule has 2 fully saturated rings. The van der Waals surface area contributed by atoms with Crippen LogP contribution < -0.4 is 15.0 Å². The van der Waals surface area contributed by atoms with Crippen molar-refractivity contribution in [3.05, 3.63) is 42.1 Å². The Morgan fingerprint density at radius 2 is 2.00 bits per heavy atom. The van der Waals surface area contributed by atoms with Crippen LogP contribution in [0.3, 0.4) is 0 Å². The average Bonchev–Trinajstić information content (AvgIpc) is 3.31. The van der Waals surface area contributed by atoms with E-state index in [4.69, 9.17) is 9.47 Å². The molecule has 1 aromatic carbocycles. The maximum atomic E-state index is 12.8. The second-order valence-electron chi connectivity index (χ2n) is 7.27. The van der Waals surface area contributed by atoms with Crippen LogP contribution in [0.2, 0.25) is 0 Å². The van der Waals surface area contributed by atoms with Gasteiger partial charge in [0.1, 0.15) is 11.6 Å². The van der Waals surface area contributed by atoms with Crippen LogP contribution in [0.5, 0.6) is 5.75 Å². The third-order valence-corrected chi connectivity index (χ3v) is 5.41. The maximum absolute atomic E-state index is 12.8. The number of amides is 1. The first-order valence-corrected chi connectivity index (χ1v) is 10.1. The molecule has 0 spiro atoms. The van der Waals surface area contributed by atoms with Crippen molar-refractivity contribution in [2.45, 2.75) is 18.9 Å². The van der Waals surface area contributed by atoms with Gasteiger partial charge in [0.2, 0.25) is 0 Å². The molecule has 29 heavy (non-hydrogen) atoms. The predicted octanol–water partition coefficient (Wildman–Crippen LogP) is 2.04. The van der Waals surface area contributed by atoms with Gasteiger partial charge in [0.05, 0.1) is 18.9 Å². The van der Waals surface area contributed by atoms with Gasteiger partial charge in [-0.05, 0) is 37.1 Å². The number of nitrogens with zero attached hydrogens (tertiary/aromatic N) is 4. The lowest BCUT2D eigenvalue weighted by Gasteiger charge is -2.36. The van der Waals surface area contributed by atoms with Crippen molar-refractivity contribution in [3.8, 4) is 5.75 Å². The lowest BCUT2D eigenvalue weighted by molar-refractivity contribution is 0.0739. The van der Waals surface area contributed by atoms with Crippen molar-refractivity contribution in [1.82, 2.24) is 15.1 Å². The molecule has 1 unspecified atom stereocenters. The number of methoxy groups -OCH3 is 1. The van der Waals surface area contributed by atoms with Crippen LogP contribution in [0.25, 0.3) is 0 Å². The van der Waals surface area contributed by atoms with Gasteiger partial charge in [-0.2, -0.15) is 0 Å². The molecule has 0 saturated carbocycles. The Bertz CT molecular complexity index is 815. The molecule has 3 heterocycles. The lowest BCUT2D eigenvalue weighted by Crippen LogP contribution is -2.49. The molecule has 8 nitrogen and oxygen atoms in total. The quantitative estimate of drug-likeness (QED) is 0.799. The Labute approximate surface area is 170 Å². The van der Waals surface area contributed by atoms with E-state index in [1.165, 1.54) is 0 Å². The van der Waals surface area contributed by atoms with Crippen LogP contribution in [0.1, 0.15) is 23.3 Å². The van der Waals surface area contributed by atoms with E-state index in [2.05, 4.69) is 20.4 Å². The summed E-state index contributed by atoms with van der Waals surface area (Å²) < 4.78 is 11.0. The Morgan fingerprint density at radius 3 is 2.69 bits per heavy atom. The van der Waals surface area contributed by atoms with Crippen molar-refractivity contribution in [1.29, 1.82) is 0 Å². The molecule has 0 aliphatic carbocycles. The van der Waals surface area contributed by atoms with E-state index >= 15 is 0 Å². The van der Waals surface area contributed by atoms with Gasteiger partial charge in [0.25, 0.3) is 5.91 Å². The van der Waals surface area contributed by atoms with E-state index in [1.54, 1.807) is 19.2 Å².